The minimum Gasteiger partial charge on any atom is -0.147 e. The first-order valence-electron chi connectivity index (χ1n) is 3.92. The summed E-state index contributed by atoms with van der Waals surface area (Å²) in [6, 6.07) is 0. The van der Waals surface area contributed by atoms with Crippen LogP contribution in [0.1, 0.15) is 33.1 Å². The van der Waals surface area contributed by atoms with E-state index in [9.17, 15) is 0 Å². The summed E-state index contributed by atoms with van der Waals surface area (Å²) in [5, 5.41) is 0. The van der Waals surface area contributed by atoms with Crippen LogP contribution in [0.3, 0.4) is 0 Å². The molecule has 0 atom stereocenters. The second kappa shape index (κ2) is 7.34. The van der Waals surface area contributed by atoms with Crippen LogP contribution in [0.2, 0.25) is 0 Å². The van der Waals surface area contributed by atoms with Gasteiger partial charge in [-0.2, -0.15) is 0 Å². The van der Waals surface area contributed by atoms with Crippen molar-refractivity contribution in [3.05, 3.63) is 20.6 Å². The van der Waals surface area contributed by atoms with Crippen LogP contribution in [-0.2, 0) is 24.4 Å². The van der Waals surface area contributed by atoms with Gasteiger partial charge in [-0.15, -0.1) is 24.8 Å². The molecule has 0 aromatic heterocycles. The average Bonchev–Trinajstić information content (AvgIpc) is 2.30. The van der Waals surface area contributed by atoms with Crippen LogP contribution in [0.4, 0.5) is 0 Å². The van der Waals surface area contributed by atoms with Gasteiger partial charge in [0.15, 0.2) is 0 Å². The first-order chi connectivity index (χ1) is 4.79. The van der Waals surface area contributed by atoms with E-state index in [1.807, 2.05) is 0 Å². The molecule has 1 aliphatic carbocycles. The molecular weight excluding hydrogens is 357 g/mol. The van der Waals surface area contributed by atoms with E-state index >= 15 is 0 Å². The van der Waals surface area contributed by atoms with Gasteiger partial charge in [0.2, 0.25) is 0 Å². The van der Waals surface area contributed by atoms with Crippen molar-refractivity contribution in [2.45, 2.75) is 33.1 Å². The van der Waals surface area contributed by atoms with Crippen LogP contribution in [0, 0.1) is 0 Å². The van der Waals surface area contributed by atoms with Gasteiger partial charge in [-0.3, -0.25) is 0 Å². The first kappa shape index (κ1) is 15.4. The first-order valence-corrected chi connectivity index (χ1v) is 5.72. The SMILES string of the molecule is CCC1=CC[C]([Hf])=C1CC.Cl.Cl. The maximum atomic E-state index is 2.40. The van der Waals surface area contributed by atoms with E-state index in [-0.39, 0.29) is 24.8 Å². The summed E-state index contributed by atoms with van der Waals surface area (Å²) in [6.45, 7) is 4.52. The molecule has 1 aliphatic rings. The standard InChI is InChI=1S/C9H13.2ClH.Hf/c1-3-8-6-5-7-9(8)4-2;;;/h6H,3-5H2,1-2H3;2*1H;. The number of rotatable bonds is 2. The molecule has 0 fully saturated rings. The maximum Gasteiger partial charge on any atom is -0.147 e. The van der Waals surface area contributed by atoms with Crippen molar-refractivity contribution in [2.75, 3.05) is 0 Å². The molecule has 0 bridgehead atoms. The van der Waals surface area contributed by atoms with E-state index < -0.39 is 0 Å². The summed E-state index contributed by atoms with van der Waals surface area (Å²) in [6.07, 6.45) is 6.15. The molecule has 3 heteroatoms. The summed E-state index contributed by atoms with van der Waals surface area (Å²) in [5.74, 6) is 0. The molecule has 0 saturated carbocycles. The Balaban J connectivity index is 0. The third-order valence-corrected chi connectivity index (χ3v) is 3.86. The van der Waals surface area contributed by atoms with E-state index in [0.717, 1.165) is 0 Å². The molecule has 0 N–H and O–H groups in total. The van der Waals surface area contributed by atoms with E-state index in [0.29, 0.717) is 0 Å². The van der Waals surface area contributed by atoms with Crippen LogP contribution < -0.4 is 0 Å². The van der Waals surface area contributed by atoms with E-state index in [1.54, 1.807) is 14.5 Å². The summed E-state index contributed by atoms with van der Waals surface area (Å²) in [7, 11) is 0. The van der Waals surface area contributed by atoms with E-state index in [4.69, 9.17) is 0 Å². The Morgan fingerprint density at radius 1 is 1.25 bits per heavy atom. The van der Waals surface area contributed by atoms with Gasteiger partial charge in [0.05, 0.1) is 0 Å². The fraction of sp³-hybridized carbons (Fsp3) is 0.556. The van der Waals surface area contributed by atoms with Gasteiger partial charge in [0.25, 0.3) is 0 Å². The Hall–Kier alpha value is 0.930. The molecule has 69 valence electrons. The van der Waals surface area contributed by atoms with Crippen LogP contribution in [-0.4, -0.2) is 0 Å². The smallest absolute Gasteiger partial charge is 0.147 e. The van der Waals surface area contributed by atoms with Crippen molar-refractivity contribution in [3.63, 3.8) is 0 Å². The predicted octanol–water partition coefficient (Wildman–Crippen LogP) is 3.78. The third kappa shape index (κ3) is 3.35. The second-order valence-electron chi connectivity index (χ2n) is 2.60. The third-order valence-electron chi connectivity index (χ3n) is 2.04. The monoisotopic (exact) mass is 373 g/mol. The van der Waals surface area contributed by atoms with Gasteiger partial charge in [0.1, 0.15) is 0 Å². The minimum absolute atomic E-state index is 0. The van der Waals surface area contributed by atoms with Gasteiger partial charge >= 0.3 is 78.0 Å². The van der Waals surface area contributed by atoms with Crippen LogP contribution in [0.25, 0.3) is 0 Å². The molecule has 0 radical (unpaired) electrons. The molecule has 0 spiro atoms. The molecule has 12 heavy (non-hydrogen) atoms. The number of halogens is 2. The summed E-state index contributed by atoms with van der Waals surface area (Å²) in [4.78, 5) is 0. The number of hydrogen-bond acceptors (Lipinski definition) is 0. The summed E-state index contributed by atoms with van der Waals surface area (Å²) in [5.41, 5.74) is 3.29. The van der Waals surface area contributed by atoms with Crippen LogP contribution in [0.5, 0.6) is 0 Å². The van der Waals surface area contributed by atoms with Gasteiger partial charge in [-0.1, -0.05) is 0 Å². The zero-order valence-corrected chi connectivity index (χ0v) is 12.7. The van der Waals surface area contributed by atoms with E-state index in [2.05, 4.69) is 19.9 Å². The predicted molar refractivity (Wildman–Crippen MR) is 54.8 cm³/mol. The quantitative estimate of drug-likeness (QED) is 0.647. The molecule has 0 aromatic rings. The summed E-state index contributed by atoms with van der Waals surface area (Å²) >= 11 is 1.27. The Labute approximate surface area is 102 Å². The van der Waals surface area contributed by atoms with Crippen LogP contribution >= 0.6 is 24.8 Å². The molecule has 0 heterocycles. The molecule has 0 aliphatic heterocycles. The molecule has 1 rings (SSSR count). The molecule has 0 nitrogen and oxygen atoms in total. The van der Waals surface area contributed by atoms with E-state index in [1.165, 1.54) is 43.6 Å². The fourth-order valence-electron chi connectivity index (χ4n) is 1.46. The minimum atomic E-state index is 0. The van der Waals surface area contributed by atoms with Crippen molar-refractivity contribution in [3.8, 4) is 0 Å². The normalized spacial score (nSPS) is 14.9. The largest absolute Gasteiger partial charge is 0.147 e. The van der Waals surface area contributed by atoms with Crippen molar-refractivity contribution in [1.29, 1.82) is 0 Å². The number of allylic oxidation sites excluding steroid dienone is 4. The van der Waals surface area contributed by atoms with Gasteiger partial charge < -0.3 is 0 Å². The molecule has 0 aromatic carbocycles. The Bertz CT molecular complexity index is 195. The van der Waals surface area contributed by atoms with Crippen molar-refractivity contribution in [2.24, 2.45) is 0 Å². The Morgan fingerprint density at radius 2 is 1.83 bits per heavy atom. The molecule has 0 amide bonds. The van der Waals surface area contributed by atoms with Gasteiger partial charge in [-0.25, -0.2) is 0 Å². The Kier molecular flexibility index (Phi) is 9.43. The molecule has 0 unspecified atom stereocenters. The fourth-order valence-corrected chi connectivity index (χ4v) is 3.04. The van der Waals surface area contributed by atoms with Crippen LogP contribution in [0.15, 0.2) is 20.6 Å². The topological polar surface area (TPSA) is 0 Å². The average molecular weight is 373 g/mol. The zero-order valence-electron chi connectivity index (χ0n) is 7.52. The summed E-state index contributed by atoms with van der Waals surface area (Å²) < 4.78 is 1.72. The van der Waals surface area contributed by atoms with Gasteiger partial charge in [-0.05, 0) is 0 Å². The second-order valence-corrected chi connectivity index (χ2v) is 4.77. The number of hydrogen-bond donors (Lipinski definition) is 0. The van der Waals surface area contributed by atoms with Crippen molar-refractivity contribution >= 4 is 24.8 Å². The van der Waals surface area contributed by atoms with Crippen molar-refractivity contribution in [1.82, 2.24) is 0 Å². The maximum absolute atomic E-state index is 2.40. The molecule has 0 saturated heterocycles. The van der Waals surface area contributed by atoms with Gasteiger partial charge in [0, 0.05) is 0 Å². The van der Waals surface area contributed by atoms with Crippen molar-refractivity contribution < 1.29 is 24.4 Å². The Morgan fingerprint density at radius 3 is 2.17 bits per heavy atom. The zero-order chi connectivity index (χ0) is 7.56. The molecular formula is C9H15Cl2Hf.